The molecule has 1 fully saturated rings. The number of aliphatic carboxylic acids is 1. The predicted molar refractivity (Wildman–Crippen MR) is 44.7 cm³/mol. The third-order valence-electron chi connectivity index (χ3n) is 2.90. The molecule has 2 N–H and O–H groups in total. The average Bonchev–Trinajstić information content (AvgIpc) is 2.32. The fraction of sp³-hybridized carbons (Fsp3) is 0.889. The molecule has 0 radical (unpaired) electrons. The number of carbonyl (C=O) groups is 1. The van der Waals surface area contributed by atoms with Crippen LogP contribution in [0.4, 0.5) is 0 Å². The molecule has 0 amide bonds. The standard InChI is InChI=1S/C9H16O3/c1-6-2-3-7(4-5-10)8(6)9(11)12/h6-8,10H,2-5H2,1H3,(H,11,12)/t6-,7-,8+/m1/s1. The Bertz CT molecular complexity index is 165. The van der Waals surface area contributed by atoms with E-state index in [1.165, 1.54) is 0 Å². The molecule has 0 aromatic heterocycles. The smallest absolute Gasteiger partial charge is 0.307 e. The number of carboxylic acid groups (broad SMARTS) is 1. The Labute approximate surface area is 72.4 Å². The second-order valence-electron chi connectivity index (χ2n) is 3.69. The second kappa shape index (κ2) is 3.90. The number of aliphatic hydroxyl groups excluding tert-OH is 1. The fourth-order valence-corrected chi connectivity index (χ4v) is 2.24. The Kier molecular flexibility index (Phi) is 3.09. The molecule has 0 unspecified atom stereocenters. The first-order valence-electron chi connectivity index (χ1n) is 4.50. The van der Waals surface area contributed by atoms with Crippen LogP contribution in [0.3, 0.4) is 0 Å². The number of rotatable bonds is 3. The maximum absolute atomic E-state index is 10.8. The molecule has 70 valence electrons. The summed E-state index contributed by atoms with van der Waals surface area (Å²) in [5, 5.41) is 17.6. The topological polar surface area (TPSA) is 57.5 Å². The van der Waals surface area contributed by atoms with Gasteiger partial charge >= 0.3 is 5.97 Å². The summed E-state index contributed by atoms with van der Waals surface area (Å²) in [6.07, 6.45) is 2.58. The van der Waals surface area contributed by atoms with Gasteiger partial charge in [0, 0.05) is 6.61 Å². The van der Waals surface area contributed by atoms with Crippen LogP contribution in [0, 0.1) is 17.8 Å². The lowest BCUT2D eigenvalue weighted by Gasteiger charge is -2.16. The third-order valence-corrected chi connectivity index (χ3v) is 2.90. The summed E-state index contributed by atoms with van der Waals surface area (Å²) in [6.45, 7) is 2.09. The Balaban J connectivity index is 2.57. The molecule has 1 rings (SSSR count). The first kappa shape index (κ1) is 9.52. The van der Waals surface area contributed by atoms with E-state index in [2.05, 4.69) is 0 Å². The minimum absolute atomic E-state index is 0.112. The Hall–Kier alpha value is -0.570. The van der Waals surface area contributed by atoms with E-state index in [4.69, 9.17) is 10.2 Å². The van der Waals surface area contributed by atoms with Crippen LogP contribution in [0.25, 0.3) is 0 Å². The van der Waals surface area contributed by atoms with Gasteiger partial charge in [-0.2, -0.15) is 0 Å². The van der Waals surface area contributed by atoms with Crippen molar-refractivity contribution in [3.05, 3.63) is 0 Å². The summed E-state index contributed by atoms with van der Waals surface area (Å²) in [6, 6.07) is 0. The van der Waals surface area contributed by atoms with Gasteiger partial charge in [0.25, 0.3) is 0 Å². The maximum atomic E-state index is 10.8. The summed E-state index contributed by atoms with van der Waals surface area (Å²) in [5.41, 5.74) is 0. The van der Waals surface area contributed by atoms with E-state index in [1.54, 1.807) is 0 Å². The van der Waals surface area contributed by atoms with E-state index in [9.17, 15) is 4.79 Å². The molecule has 0 aromatic carbocycles. The highest BCUT2D eigenvalue weighted by Crippen LogP contribution is 2.38. The van der Waals surface area contributed by atoms with Gasteiger partial charge in [0.05, 0.1) is 5.92 Å². The zero-order valence-corrected chi connectivity index (χ0v) is 7.36. The molecule has 3 heteroatoms. The molecule has 0 saturated heterocycles. The molecule has 1 aliphatic carbocycles. The van der Waals surface area contributed by atoms with Gasteiger partial charge in [0.2, 0.25) is 0 Å². The Morgan fingerprint density at radius 1 is 1.50 bits per heavy atom. The molecular weight excluding hydrogens is 156 g/mol. The van der Waals surface area contributed by atoms with Crippen LogP contribution in [0.2, 0.25) is 0 Å². The summed E-state index contributed by atoms with van der Waals surface area (Å²) in [4.78, 5) is 10.8. The minimum Gasteiger partial charge on any atom is -0.481 e. The molecule has 3 nitrogen and oxygen atoms in total. The average molecular weight is 172 g/mol. The van der Waals surface area contributed by atoms with Gasteiger partial charge in [-0.25, -0.2) is 0 Å². The number of carboxylic acids is 1. The highest BCUT2D eigenvalue weighted by molar-refractivity contribution is 5.71. The van der Waals surface area contributed by atoms with E-state index in [0.29, 0.717) is 6.42 Å². The van der Waals surface area contributed by atoms with Gasteiger partial charge < -0.3 is 10.2 Å². The van der Waals surface area contributed by atoms with Crippen molar-refractivity contribution in [2.24, 2.45) is 17.8 Å². The highest BCUT2D eigenvalue weighted by Gasteiger charge is 2.37. The van der Waals surface area contributed by atoms with Crippen LogP contribution in [-0.4, -0.2) is 22.8 Å². The summed E-state index contributed by atoms with van der Waals surface area (Å²) < 4.78 is 0. The highest BCUT2D eigenvalue weighted by atomic mass is 16.4. The molecular formula is C9H16O3. The van der Waals surface area contributed by atoms with Crippen LogP contribution in [-0.2, 0) is 4.79 Å². The largest absolute Gasteiger partial charge is 0.481 e. The van der Waals surface area contributed by atoms with Gasteiger partial charge in [0.15, 0.2) is 0 Å². The van der Waals surface area contributed by atoms with Crippen molar-refractivity contribution in [1.29, 1.82) is 0 Å². The number of hydrogen-bond acceptors (Lipinski definition) is 2. The molecule has 0 aromatic rings. The molecule has 0 aliphatic heterocycles. The third kappa shape index (κ3) is 1.78. The van der Waals surface area contributed by atoms with Gasteiger partial charge in [-0.15, -0.1) is 0 Å². The van der Waals surface area contributed by atoms with E-state index in [1.807, 2.05) is 6.92 Å². The summed E-state index contributed by atoms with van der Waals surface area (Å²) >= 11 is 0. The minimum atomic E-state index is -0.696. The molecule has 0 bridgehead atoms. The zero-order valence-electron chi connectivity index (χ0n) is 7.36. The fourth-order valence-electron chi connectivity index (χ4n) is 2.24. The predicted octanol–water partition coefficient (Wildman–Crippen LogP) is 1.12. The van der Waals surface area contributed by atoms with Crippen LogP contribution >= 0.6 is 0 Å². The van der Waals surface area contributed by atoms with Crippen LogP contribution in [0.15, 0.2) is 0 Å². The number of hydrogen-bond donors (Lipinski definition) is 2. The first-order valence-corrected chi connectivity index (χ1v) is 4.50. The van der Waals surface area contributed by atoms with Gasteiger partial charge in [-0.05, 0) is 31.1 Å². The van der Waals surface area contributed by atoms with Crippen molar-refractivity contribution < 1.29 is 15.0 Å². The van der Waals surface area contributed by atoms with Crippen LogP contribution in [0.5, 0.6) is 0 Å². The van der Waals surface area contributed by atoms with Crippen LogP contribution in [0.1, 0.15) is 26.2 Å². The normalized spacial score (nSPS) is 35.3. The van der Waals surface area contributed by atoms with E-state index >= 15 is 0 Å². The van der Waals surface area contributed by atoms with Gasteiger partial charge in [-0.3, -0.25) is 4.79 Å². The van der Waals surface area contributed by atoms with E-state index in [-0.39, 0.29) is 24.4 Å². The quantitative estimate of drug-likeness (QED) is 0.670. The van der Waals surface area contributed by atoms with Crippen molar-refractivity contribution in [2.45, 2.75) is 26.2 Å². The lowest BCUT2D eigenvalue weighted by molar-refractivity contribution is -0.144. The first-order chi connectivity index (χ1) is 5.66. The molecule has 0 heterocycles. The monoisotopic (exact) mass is 172 g/mol. The van der Waals surface area contributed by atoms with Crippen molar-refractivity contribution in [1.82, 2.24) is 0 Å². The zero-order chi connectivity index (χ0) is 9.14. The number of aliphatic hydroxyl groups is 1. The van der Waals surface area contributed by atoms with E-state index in [0.717, 1.165) is 12.8 Å². The summed E-state index contributed by atoms with van der Waals surface area (Å²) in [5.74, 6) is -0.447. The molecule has 1 aliphatic rings. The SMILES string of the molecule is C[C@@H]1CC[C@H](CCO)[C@H]1C(=O)O. The Morgan fingerprint density at radius 2 is 2.17 bits per heavy atom. The van der Waals surface area contributed by atoms with Crippen molar-refractivity contribution in [3.63, 3.8) is 0 Å². The van der Waals surface area contributed by atoms with Gasteiger partial charge in [-0.1, -0.05) is 6.92 Å². The van der Waals surface area contributed by atoms with Crippen molar-refractivity contribution in [3.8, 4) is 0 Å². The second-order valence-corrected chi connectivity index (χ2v) is 3.69. The molecule has 0 spiro atoms. The summed E-state index contributed by atoms with van der Waals surface area (Å²) in [7, 11) is 0. The van der Waals surface area contributed by atoms with E-state index < -0.39 is 5.97 Å². The van der Waals surface area contributed by atoms with Crippen LogP contribution < -0.4 is 0 Å². The maximum Gasteiger partial charge on any atom is 0.307 e. The molecule has 12 heavy (non-hydrogen) atoms. The Morgan fingerprint density at radius 3 is 2.67 bits per heavy atom. The molecule has 1 saturated carbocycles. The van der Waals surface area contributed by atoms with Crippen molar-refractivity contribution >= 4 is 5.97 Å². The lowest BCUT2D eigenvalue weighted by Crippen LogP contribution is -2.23. The lowest BCUT2D eigenvalue weighted by atomic mass is 9.89. The van der Waals surface area contributed by atoms with Gasteiger partial charge in [0.1, 0.15) is 0 Å². The van der Waals surface area contributed by atoms with Crippen molar-refractivity contribution in [2.75, 3.05) is 6.61 Å². The molecule has 3 atom stereocenters.